The maximum atomic E-state index is 11.0. The van der Waals surface area contributed by atoms with Gasteiger partial charge in [0.1, 0.15) is 0 Å². The average molecular weight is 242 g/mol. The monoisotopic (exact) mass is 241 g/mol. The van der Waals surface area contributed by atoms with E-state index in [9.17, 15) is 9.90 Å². The van der Waals surface area contributed by atoms with Gasteiger partial charge in [-0.2, -0.15) is 0 Å². The van der Waals surface area contributed by atoms with E-state index in [0.29, 0.717) is 10.6 Å². The smallest absolute Gasteiger partial charge is 0.152 e. The lowest BCUT2D eigenvalue weighted by molar-refractivity contribution is 0.112. The second-order valence-electron chi connectivity index (χ2n) is 4.35. The Kier molecular flexibility index (Phi) is 3.94. The molecule has 0 aromatic heterocycles. The molecule has 3 nitrogen and oxygen atoms in total. The molecule has 1 aromatic carbocycles. The van der Waals surface area contributed by atoms with Crippen LogP contribution in [-0.4, -0.2) is 30.6 Å². The fourth-order valence-electron chi connectivity index (χ4n) is 1.36. The van der Waals surface area contributed by atoms with Gasteiger partial charge in [-0.1, -0.05) is 11.6 Å². The second kappa shape index (κ2) is 4.85. The molecule has 0 spiro atoms. The third-order valence-corrected chi connectivity index (χ3v) is 3.01. The van der Waals surface area contributed by atoms with Crippen molar-refractivity contribution in [2.24, 2.45) is 0 Å². The van der Waals surface area contributed by atoms with Crippen LogP contribution in [0.1, 0.15) is 24.2 Å². The molecular weight excluding hydrogens is 226 g/mol. The number of hydrogen-bond acceptors (Lipinski definition) is 3. The van der Waals surface area contributed by atoms with Crippen LogP contribution in [0.3, 0.4) is 0 Å². The Labute approximate surface area is 101 Å². The number of benzene rings is 1. The molecule has 1 N–H and O–H groups in total. The Bertz CT molecular complexity index is 391. The minimum atomic E-state index is -0.425. The fourth-order valence-corrected chi connectivity index (χ4v) is 1.54. The molecule has 0 atom stereocenters. The number of likely N-dealkylation sites (N-methyl/N-ethyl adjacent to an activating group) is 1. The summed E-state index contributed by atoms with van der Waals surface area (Å²) in [7, 11) is 1.84. The maximum absolute atomic E-state index is 11.0. The normalized spacial score (nSPS) is 11.3. The lowest BCUT2D eigenvalue weighted by atomic mass is 10.0. The summed E-state index contributed by atoms with van der Waals surface area (Å²) in [5.41, 5.74) is 0.862. The van der Waals surface area contributed by atoms with Gasteiger partial charge in [0.05, 0.1) is 12.1 Å². The standard InChI is InChI=1S/C12H16ClNO2/c1-12(2,8-16)14(3)11-5-4-10(13)6-9(11)7-15/h4-7,16H,8H2,1-3H3. The van der Waals surface area contributed by atoms with E-state index in [-0.39, 0.29) is 6.61 Å². The van der Waals surface area contributed by atoms with Crippen molar-refractivity contribution in [1.82, 2.24) is 0 Å². The average Bonchev–Trinajstić information content (AvgIpc) is 2.27. The van der Waals surface area contributed by atoms with E-state index < -0.39 is 5.54 Å². The number of rotatable bonds is 4. The van der Waals surface area contributed by atoms with Crippen LogP contribution in [0, 0.1) is 0 Å². The Morgan fingerprint density at radius 2 is 2.12 bits per heavy atom. The highest BCUT2D eigenvalue weighted by molar-refractivity contribution is 6.31. The molecule has 0 heterocycles. The summed E-state index contributed by atoms with van der Waals surface area (Å²) in [5.74, 6) is 0. The number of aliphatic hydroxyl groups is 1. The van der Waals surface area contributed by atoms with Crippen molar-refractivity contribution < 1.29 is 9.90 Å². The molecule has 4 heteroatoms. The largest absolute Gasteiger partial charge is 0.394 e. The lowest BCUT2D eigenvalue weighted by Gasteiger charge is -2.36. The minimum absolute atomic E-state index is 0.00439. The van der Waals surface area contributed by atoms with E-state index in [0.717, 1.165) is 12.0 Å². The van der Waals surface area contributed by atoms with Crippen LogP contribution >= 0.6 is 11.6 Å². The third-order valence-electron chi connectivity index (χ3n) is 2.77. The van der Waals surface area contributed by atoms with Crippen molar-refractivity contribution in [2.45, 2.75) is 19.4 Å². The highest BCUT2D eigenvalue weighted by Gasteiger charge is 2.24. The van der Waals surface area contributed by atoms with Gasteiger partial charge in [0.15, 0.2) is 6.29 Å². The van der Waals surface area contributed by atoms with Gasteiger partial charge in [0, 0.05) is 23.3 Å². The summed E-state index contributed by atoms with van der Waals surface area (Å²) in [6, 6.07) is 5.13. The van der Waals surface area contributed by atoms with Gasteiger partial charge < -0.3 is 10.0 Å². The number of anilines is 1. The lowest BCUT2D eigenvalue weighted by Crippen LogP contribution is -2.44. The number of carbonyl (C=O) groups is 1. The van der Waals surface area contributed by atoms with Crippen LogP contribution in [0.2, 0.25) is 5.02 Å². The number of aliphatic hydroxyl groups excluding tert-OH is 1. The molecule has 1 rings (SSSR count). The number of nitrogens with zero attached hydrogens (tertiary/aromatic N) is 1. The van der Waals surface area contributed by atoms with Gasteiger partial charge >= 0.3 is 0 Å². The first-order chi connectivity index (χ1) is 7.42. The zero-order valence-corrected chi connectivity index (χ0v) is 10.5. The second-order valence-corrected chi connectivity index (χ2v) is 4.79. The molecule has 0 unspecified atom stereocenters. The van der Waals surface area contributed by atoms with Gasteiger partial charge in [0.25, 0.3) is 0 Å². The molecule has 0 saturated heterocycles. The Morgan fingerprint density at radius 1 is 1.50 bits per heavy atom. The number of hydrogen-bond donors (Lipinski definition) is 1. The van der Waals surface area contributed by atoms with Crippen LogP contribution in [-0.2, 0) is 0 Å². The zero-order chi connectivity index (χ0) is 12.3. The molecule has 0 radical (unpaired) electrons. The molecule has 0 aliphatic heterocycles. The topological polar surface area (TPSA) is 40.5 Å². The van der Waals surface area contributed by atoms with E-state index in [1.807, 2.05) is 25.8 Å². The van der Waals surface area contributed by atoms with Crippen molar-refractivity contribution in [3.8, 4) is 0 Å². The van der Waals surface area contributed by atoms with Crippen LogP contribution < -0.4 is 4.90 Å². The van der Waals surface area contributed by atoms with Gasteiger partial charge in [-0.3, -0.25) is 4.79 Å². The Hall–Kier alpha value is -1.06. The van der Waals surface area contributed by atoms with E-state index in [1.54, 1.807) is 18.2 Å². The first-order valence-electron chi connectivity index (χ1n) is 5.02. The summed E-state index contributed by atoms with van der Waals surface area (Å²) in [4.78, 5) is 12.8. The molecule has 0 bridgehead atoms. The molecule has 0 saturated carbocycles. The summed E-state index contributed by atoms with van der Waals surface area (Å²) >= 11 is 5.82. The molecular formula is C12H16ClNO2. The molecule has 88 valence electrons. The summed E-state index contributed by atoms with van der Waals surface area (Å²) in [6.45, 7) is 3.80. The van der Waals surface area contributed by atoms with Crippen LogP contribution in [0.15, 0.2) is 18.2 Å². The Morgan fingerprint density at radius 3 is 2.62 bits per heavy atom. The van der Waals surface area contributed by atoms with Gasteiger partial charge in [-0.25, -0.2) is 0 Å². The first-order valence-corrected chi connectivity index (χ1v) is 5.39. The van der Waals surface area contributed by atoms with Gasteiger partial charge in [0.2, 0.25) is 0 Å². The zero-order valence-electron chi connectivity index (χ0n) is 9.70. The molecule has 0 aliphatic carbocycles. The highest BCUT2D eigenvalue weighted by Crippen LogP contribution is 2.27. The predicted molar refractivity (Wildman–Crippen MR) is 66.4 cm³/mol. The maximum Gasteiger partial charge on any atom is 0.152 e. The number of aldehydes is 1. The number of halogens is 1. The molecule has 0 fully saturated rings. The Balaban J connectivity index is 3.18. The quantitative estimate of drug-likeness (QED) is 0.823. The van der Waals surface area contributed by atoms with E-state index in [4.69, 9.17) is 11.6 Å². The molecule has 0 amide bonds. The summed E-state index contributed by atoms with van der Waals surface area (Å²) in [6.07, 6.45) is 0.769. The number of carbonyl (C=O) groups excluding carboxylic acids is 1. The van der Waals surface area contributed by atoms with Gasteiger partial charge in [-0.05, 0) is 32.0 Å². The molecule has 1 aromatic rings. The van der Waals surface area contributed by atoms with Gasteiger partial charge in [-0.15, -0.1) is 0 Å². The molecule has 16 heavy (non-hydrogen) atoms. The first kappa shape index (κ1) is 13.0. The van der Waals surface area contributed by atoms with Crippen molar-refractivity contribution >= 4 is 23.6 Å². The van der Waals surface area contributed by atoms with E-state index in [2.05, 4.69) is 0 Å². The third kappa shape index (κ3) is 2.54. The summed E-state index contributed by atoms with van der Waals surface area (Å²) in [5, 5.41) is 9.82. The van der Waals surface area contributed by atoms with Crippen LogP contribution in [0.4, 0.5) is 5.69 Å². The van der Waals surface area contributed by atoms with Crippen molar-refractivity contribution in [3.63, 3.8) is 0 Å². The summed E-state index contributed by atoms with van der Waals surface area (Å²) < 4.78 is 0. The van der Waals surface area contributed by atoms with Crippen molar-refractivity contribution in [1.29, 1.82) is 0 Å². The van der Waals surface area contributed by atoms with Crippen molar-refractivity contribution in [3.05, 3.63) is 28.8 Å². The predicted octanol–water partition coefficient (Wildman–Crippen LogP) is 2.36. The highest BCUT2D eigenvalue weighted by atomic mass is 35.5. The molecule has 0 aliphatic rings. The van der Waals surface area contributed by atoms with Crippen molar-refractivity contribution in [2.75, 3.05) is 18.6 Å². The van der Waals surface area contributed by atoms with E-state index >= 15 is 0 Å². The van der Waals surface area contributed by atoms with Crippen LogP contribution in [0.5, 0.6) is 0 Å². The minimum Gasteiger partial charge on any atom is -0.394 e. The SMILES string of the molecule is CN(c1ccc(Cl)cc1C=O)C(C)(C)CO. The van der Waals surface area contributed by atoms with Crippen LogP contribution in [0.25, 0.3) is 0 Å². The fraction of sp³-hybridized carbons (Fsp3) is 0.417. The van der Waals surface area contributed by atoms with E-state index in [1.165, 1.54) is 0 Å².